The minimum Gasteiger partial charge on any atom is -0.756 e. The molecule has 0 N–H and O–H groups in total. The number of quaternary nitrogens is 1. The van der Waals surface area contributed by atoms with E-state index in [-0.39, 0.29) is 13.2 Å². The number of phosphoric acid groups is 1. The molecule has 2 bridgehead atoms. The summed E-state index contributed by atoms with van der Waals surface area (Å²) in [5.74, 6) is 0.321. The van der Waals surface area contributed by atoms with Crippen LogP contribution in [0.3, 0.4) is 0 Å². The number of piperidine rings is 3. The summed E-state index contributed by atoms with van der Waals surface area (Å²) in [6.07, 6.45) is 20.2. The Kier molecular flexibility index (Phi) is 17.7. The summed E-state index contributed by atoms with van der Waals surface area (Å²) in [6, 6.07) is 8.02. The van der Waals surface area contributed by atoms with E-state index in [1.165, 1.54) is 103 Å². The van der Waals surface area contributed by atoms with E-state index in [1.54, 1.807) is 6.92 Å². The lowest BCUT2D eigenvalue weighted by Crippen LogP contribution is -2.59. The van der Waals surface area contributed by atoms with Crippen molar-refractivity contribution >= 4 is 19.5 Å². The normalized spacial score (nSPS) is 22.2. The topological polar surface area (TPSA) is 94.1 Å². The quantitative estimate of drug-likeness (QED) is 0.0451. The summed E-state index contributed by atoms with van der Waals surface area (Å²) in [7, 11) is -4.67. The number of benzene rings is 1. The zero-order chi connectivity index (χ0) is 32.4. The molecular formula is C36H62NO7P. The molecule has 45 heavy (non-hydrogen) atoms. The molecule has 0 aliphatic carbocycles. The highest BCUT2D eigenvalue weighted by Gasteiger charge is 2.43. The van der Waals surface area contributed by atoms with Gasteiger partial charge in [-0.05, 0) is 25.3 Å². The number of fused-ring (bicyclic) bond motifs is 3. The van der Waals surface area contributed by atoms with Gasteiger partial charge in [-0.25, -0.2) is 0 Å². The molecule has 3 fully saturated rings. The highest BCUT2D eigenvalue weighted by molar-refractivity contribution is 7.45. The first kappa shape index (κ1) is 38.2. The Morgan fingerprint density at radius 3 is 1.96 bits per heavy atom. The highest BCUT2D eigenvalue weighted by Crippen LogP contribution is 2.47. The van der Waals surface area contributed by atoms with Crippen LogP contribution in [-0.2, 0) is 27.9 Å². The minimum atomic E-state index is -4.67. The first-order valence-electron chi connectivity index (χ1n) is 18.1. The van der Waals surface area contributed by atoms with E-state index in [0.29, 0.717) is 6.61 Å². The molecule has 4 rings (SSSR count). The predicted octanol–water partition coefficient (Wildman–Crippen LogP) is 8.80. The zero-order valence-corrected chi connectivity index (χ0v) is 29.5. The molecule has 0 radical (unpaired) electrons. The average Bonchev–Trinajstić information content (AvgIpc) is 3.03. The molecule has 0 aromatic heterocycles. The maximum atomic E-state index is 12.9. The van der Waals surface area contributed by atoms with Gasteiger partial charge in [-0.2, -0.15) is 0 Å². The van der Waals surface area contributed by atoms with E-state index >= 15 is 0 Å². The maximum Gasteiger partial charge on any atom is 0.303 e. The molecule has 9 heteroatoms. The van der Waals surface area contributed by atoms with E-state index in [4.69, 9.17) is 18.5 Å². The molecule has 1 aromatic carbocycles. The van der Waals surface area contributed by atoms with Crippen molar-refractivity contribution < 1.29 is 32.8 Å². The van der Waals surface area contributed by atoms with E-state index in [9.17, 15) is 14.3 Å². The third-order valence-electron chi connectivity index (χ3n) is 9.77. The standard InChI is InChI=1S/C36H62NO7P/c1-4-5-6-7-8-9-10-11-12-13-14-15-16-19-28-41-29-34(43-32(3)38)30-42-45(39,40)44-31(2)35-20-17-18-21-36(35)37-25-22-33(23-26-37)24-27-37/h17-18,20-21,31,33-34H,4-16,19,22-30H2,1-3H3. The van der Waals surface area contributed by atoms with E-state index in [0.717, 1.165) is 54.1 Å². The number of esters is 1. The van der Waals surface area contributed by atoms with Gasteiger partial charge in [-0.3, -0.25) is 13.8 Å². The molecule has 0 saturated carbocycles. The Balaban J connectivity index is 1.31. The number of carbonyl (C=O) groups is 1. The Morgan fingerprint density at radius 2 is 1.40 bits per heavy atom. The second kappa shape index (κ2) is 20.8. The van der Waals surface area contributed by atoms with Crippen LogP contribution >= 0.6 is 7.82 Å². The molecule has 3 atom stereocenters. The number of para-hydroxylation sites is 1. The van der Waals surface area contributed by atoms with Gasteiger partial charge >= 0.3 is 5.97 Å². The molecule has 0 amide bonds. The molecule has 1 aromatic rings. The summed E-state index contributed by atoms with van der Waals surface area (Å²) in [6.45, 7) is 8.85. The average molecular weight is 652 g/mol. The van der Waals surface area contributed by atoms with Crippen LogP contribution in [0.4, 0.5) is 5.69 Å². The molecular weight excluding hydrogens is 589 g/mol. The lowest BCUT2D eigenvalue weighted by Gasteiger charge is -2.49. The third kappa shape index (κ3) is 14.2. The first-order valence-corrected chi connectivity index (χ1v) is 19.6. The minimum absolute atomic E-state index is 0.0808. The number of rotatable bonds is 25. The van der Waals surface area contributed by atoms with Crippen molar-refractivity contribution in [3.63, 3.8) is 0 Å². The van der Waals surface area contributed by atoms with Gasteiger partial charge < -0.3 is 23.4 Å². The predicted molar refractivity (Wildman–Crippen MR) is 180 cm³/mol. The number of hydrogen-bond donors (Lipinski definition) is 0. The number of unbranched alkanes of at least 4 members (excludes halogenated alkanes) is 13. The lowest BCUT2D eigenvalue weighted by atomic mass is 9.84. The first-order chi connectivity index (χ1) is 21.7. The van der Waals surface area contributed by atoms with Crippen molar-refractivity contribution in [2.45, 2.75) is 142 Å². The SMILES string of the molecule is CCCCCCCCCCCCCCCCOCC(COP(=O)([O-])OC(C)c1ccccc1[N+]12CCC(CC1)CC2)OC(C)=O. The van der Waals surface area contributed by atoms with E-state index < -0.39 is 26.0 Å². The molecule has 3 unspecified atom stereocenters. The van der Waals surface area contributed by atoms with Crippen LogP contribution in [0.2, 0.25) is 0 Å². The third-order valence-corrected chi connectivity index (χ3v) is 10.8. The fraction of sp³-hybridized carbons (Fsp3) is 0.806. The van der Waals surface area contributed by atoms with Crippen LogP contribution in [-0.4, -0.2) is 51.5 Å². The summed E-state index contributed by atoms with van der Waals surface area (Å²) in [4.78, 5) is 24.5. The van der Waals surface area contributed by atoms with E-state index in [1.807, 2.05) is 18.2 Å². The zero-order valence-electron chi connectivity index (χ0n) is 28.6. The van der Waals surface area contributed by atoms with Gasteiger partial charge in [-0.1, -0.05) is 109 Å². The van der Waals surface area contributed by atoms with Gasteiger partial charge in [0.1, 0.15) is 11.8 Å². The van der Waals surface area contributed by atoms with Gasteiger partial charge in [-0.15, -0.1) is 0 Å². The van der Waals surface area contributed by atoms with Gasteiger partial charge in [0.25, 0.3) is 7.82 Å². The van der Waals surface area contributed by atoms with Gasteiger partial charge in [0.05, 0.1) is 39.0 Å². The van der Waals surface area contributed by atoms with Gasteiger partial charge in [0.15, 0.2) is 0 Å². The van der Waals surface area contributed by atoms with Gasteiger partial charge in [0.2, 0.25) is 0 Å². The Hall–Kier alpha value is -1.28. The maximum absolute atomic E-state index is 12.9. The largest absolute Gasteiger partial charge is 0.756 e. The molecule has 3 heterocycles. The summed E-state index contributed by atoms with van der Waals surface area (Å²) in [5, 5.41) is 0. The fourth-order valence-corrected chi connectivity index (χ4v) is 8.01. The van der Waals surface area contributed by atoms with Crippen LogP contribution in [0.25, 0.3) is 0 Å². The molecule has 3 aliphatic rings. The second-order valence-electron chi connectivity index (χ2n) is 13.5. The van der Waals surface area contributed by atoms with Crippen molar-refractivity contribution in [2.75, 3.05) is 39.5 Å². The van der Waals surface area contributed by atoms with Crippen LogP contribution in [0.15, 0.2) is 24.3 Å². The summed E-state index contributed by atoms with van der Waals surface area (Å²) < 4.78 is 35.5. The summed E-state index contributed by atoms with van der Waals surface area (Å²) in [5.41, 5.74) is 2.03. The van der Waals surface area contributed by atoms with E-state index in [2.05, 4.69) is 13.0 Å². The molecule has 8 nitrogen and oxygen atoms in total. The Morgan fingerprint density at radius 1 is 0.867 bits per heavy atom. The number of ether oxygens (including phenoxy) is 2. The second-order valence-corrected chi connectivity index (χ2v) is 14.9. The molecule has 3 saturated heterocycles. The van der Waals surface area contributed by atoms with Crippen molar-refractivity contribution in [3.05, 3.63) is 29.8 Å². The number of phosphoric ester groups is 1. The number of hydrogen-bond acceptors (Lipinski definition) is 7. The van der Waals surface area contributed by atoms with Crippen LogP contribution in [0.5, 0.6) is 0 Å². The van der Waals surface area contributed by atoms with Crippen molar-refractivity contribution in [3.8, 4) is 0 Å². The highest BCUT2D eigenvalue weighted by atomic mass is 31.2. The monoisotopic (exact) mass is 651 g/mol. The van der Waals surface area contributed by atoms with Crippen molar-refractivity contribution in [1.29, 1.82) is 0 Å². The molecule has 258 valence electrons. The summed E-state index contributed by atoms with van der Waals surface area (Å²) >= 11 is 0. The Bertz CT molecular complexity index is 999. The lowest BCUT2D eigenvalue weighted by molar-refractivity contribution is -0.232. The van der Waals surface area contributed by atoms with Crippen molar-refractivity contribution in [2.24, 2.45) is 5.92 Å². The van der Waals surface area contributed by atoms with Crippen LogP contribution in [0.1, 0.15) is 142 Å². The number of nitrogens with zero attached hydrogens (tertiary/aromatic N) is 1. The van der Waals surface area contributed by atoms with Gasteiger partial charge in [0, 0.05) is 38.4 Å². The Labute approximate surface area is 273 Å². The number of carbonyl (C=O) groups excluding carboxylic acids is 1. The van der Waals surface area contributed by atoms with Crippen LogP contribution in [0, 0.1) is 5.92 Å². The van der Waals surface area contributed by atoms with Crippen LogP contribution < -0.4 is 9.38 Å². The van der Waals surface area contributed by atoms with Crippen molar-refractivity contribution in [1.82, 2.24) is 4.48 Å². The fourth-order valence-electron chi connectivity index (χ4n) is 7.10. The smallest absolute Gasteiger partial charge is 0.303 e. The molecule has 3 aliphatic heterocycles. The molecule has 0 spiro atoms.